The normalized spacial score (nSPS) is 12.6. The van der Waals surface area contributed by atoms with Gasteiger partial charge in [-0.3, -0.25) is 4.98 Å². The Hall–Kier alpha value is -0.890. The summed E-state index contributed by atoms with van der Waals surface area (Å²) >= 11 is 0. The SMILES string of the molecule is CCCCCCC(NCC)c1ccncc1CC. The molecule has 0 radical (unpaired) electrons. The number of nitrogens with zero attached hydrogens (tertiary/aromatic N) is 1. The van der Waals surface area contributed by atoms with E-state index in [0.717, 1.165) is 13.0 Å². The van der Waals surface area contributed by atoms with E-state index in [1.54, 1.807) is 0 Å². The Labute approximate surface area is 112 Å². The van der Waals surface area contributed by atoms with Gasteiger partial charge in [0.2, 0.25) is 0 Å². The van der Waals surface area contributed by atoms with E-state index in [1.165, 1.54) is 43.2 Å². The topological polar surface area (TPSA) is 24.9 Å². The molecule has 0 amide bonds. The van der Waals surface area contributed by atoms with Crippen LogP contribution in [0.2, 0.25) is 0 Å². The highest BCUT2D eigenvalue weighted by molar-refractivity contribution is 5.26. The molecule has 1 atom stereocenters. The van der Waals surface area contributed by atoms with Crippen LogP contribution in [0.5, 0.6) is 0 Å². The maximum absolute atomic E-state index is 4.24. The maximum Gasteiger partial charge on any atom is 0.0323 e. The van der Waals surface area contributed by atoms with Crippen LogP contribution in [0.25, 0.3) is 0 Å². The second-order valence-electron chi connectivity index (χ2n) is 4.89. The van der Waals surface area contributed by atoms with Crippen molar-refractivity contribution in [2.24, 2.45) is 0 Å². The number of hydrogen-bond acceptors (Lipinski definition) is 2. The molecule has 0 aromatic carbocycles. The summed E-state index contributed by atoms with van der Waals surface area (Å²) in [5.74, 6) is 0. The summed E-state index contributed by atoms with van der Waals surface area (Å²) < 4.78 is 0. The van der Waals surface area contributed by atoms with Gasteiger partial charge >= 0.3 is 0 Å². The van der Waals surface area contributed by atoms with Crippen LogP contribution >= 0.6 is 0 Å². The minimum Gasteiger partial charge on any atom is -0.310 e. The predicted octanol–water partition coefficient (Wildman–Crippen LogP) is 4.27. The molecule has 1 aromatic rings. The highest BCUT2D eigenvalue weighted by Gasteiger charge is 2.13. The van der Waals surface area contributed by atoms with Crippen LogP contribution in [-0.2, 0) is 6.42 Å². The minimum atomic E-state index is 0.504. The van der Waals surface area contributed by atoms with E-state index in [9.17, 15) is 0 Å². The fourth-order valence-electron chi connectivity index (χ4n) is 2.46. The van der Waals surface area contributed by atoms with Gasteiger partial charge in [0.25, 0.3) is 0 Å². The molecule has 0 aliphatic heterocycles. The molecule has 1 rings (SSSR count). The first-order valence-electron chi connectivity index (χ1n) is 7.49. The molecule has 0 saturated heterocycles. The molecule has 1 N–H and O–H groups in total. The van der Waals surface area contributed by atoms with Gasteiger partial charge in [-0.25, -0.2) is 0 Å². The van der Waals surface area contributed by atoms with Crippen molar-refractivity contribution in [1.82, 2.24) is 10.3 Å². The Morgan fingerprint density at radius 3 is 2.67 bits per heavy atom. The lowest BCUT2D eigenvalue weighted by atomic mass is 9.96. The van der Waals surface area contributed by atoms with Crippen molar-refractivity contribution in [2.75, 3.05) is 6.54 Å². The standard InChI is InChI=1S/C16H28N2/c1-4-7-8-9-10-16(18-6-3)15-11-12-17-13-14(15)5-2/h11-13,16,18H,4-10H2,1-3H3. The summed E-state index contributed by atoms with van der Waals surface area (Å²) in [6, 6.07) is 2.69. The molecule has 0 fully saturated rings. The van der Waals surface area contributed by atoms with Crippen LogP contribution in [0, 0.1) is 0 Å². The average Bonchev–Trinajstić information content (AvgIpc) is 2.42. The van der Waals surface area contributed by atoms with E-state index < -0.39 is 0 Å². The van der Waals surface area contributed by atoms with Crippen molar-refractivity contribution in [2.45, 2.75) is 65.3 Å². The molecular formula is C16H28N2. The first-order chi connectivity index (χ1) is 8.83. The number of aromatic nitrogens is 1. The van der Waals surface area contributed by atoms with Crippen molar-refractivity contribution >= 4 is 0 Å². The predicted molar refractivity (Wildman–Crippen MR) is 78.8 cm³/mol. The Morgan fingerprint density at radius 2 is 2.00 bits per heavy atom. The van der Waals surface area contributed by atoms with E-state index >= 15 is 0 Å². The third kappa shape index (κ3) is 4.77. The molecule has 0 bridgehead atoms. The van der Waals surface area contributed by atoms with E-state index in [-0.39, 0.29) is 0 Å². The monoisotopic (exact) mass is 248 g/mol. The van der Waals surface area contributed by atoms with Gasteiger partial charge in [0.15, 0.2) is 0 Å². The Kier molecular flexibility index (Phi) is 7.66. The Balaban J connectivity index is 2.64. The smallest absolute Gasteiger partial charge is 0.0323 e. The molecule has 18 heavy (non-hydrogen) atoms. The summed E-state index contributed by atoms with van der Waals surface area (Å²) in [4.78, 5) is 4.24. The van der Waals surface area contributed by atoms with Crippen molar-refractivity contribution in [3.05, 3.63) is 29.6 Å². The molecule has 2 heteroatoms. The third-order valence-corrected chi connectivity index (χ3v) is 3.49. The van der Waals surface area contributed by atoms with Crippen molar-refractivity contribution < 1.29 is 0 Å². The van der Waals surface area contributed by atoms with Crippen LogP contribution in [0.1, 0.15) is 70.0 Å². The van der Waals surface area contributed by atoms with Crippen LogP contribution in [0.4, 0.5) is 0 Å². The van der Waals surface area contributed by atoms with Gasteiger partial charge < -0.3 is 5.32 Å². The minimum absolute atomic E-state index is 0.504. The Bertz CT molecular complexity index is 323. The molecule has 1 aromatic heterocycles. The fourth-order valence-corrected chi connectivity index (χ4v) is 2.46. The van der Waals surface area contributed by atoms with Gasteiger partial charge in [-0.1, -0.05) is 46.5 Å². The Morgan fingerprint density at radius 1 is 1.17 bits per heavy atom. The molecule has 0 saturated carbocycles. The largest absolute Gasteiger partial charge is 0.310 e. The summed E-state index contributed by atoms with van der Waals surface area (Å²) in [6.45, 7) is 7.69. The molecule has 0 spiro atoms. The average molecular weight is 248 g/mol. The van der Waals surface area contributed by atoms with Crippen LogP contribution in [-0.4, -0.2) is 11.5 Å². The highest BCUT2D eigenvalue weighted by atomic mass is 14.9. The van der Waals surface area contributed by atoms with Crippen molar-refractivity contribution in [3.8, 4) is 0 Å². The van der Waals surface area contributed by atoms with E-state index in [2.05, 4.69) is 37.1 Å². The van der Waals surface area contributed by atoms with Crippen molar-refractivity contribution in [1.29, 1.82) is 0 Å². The third-order valence-electron chi connectivity index (χ3n) is 3.49. The van der Waals surface area contributed by atoms with Gasteiger partial charge in [-0.05, 0) is 36.6 Å². The lowest BCUT2D eigenvalue weighted by Crippen LogP contribution is -2.22. The number of hydrogen-bond donors (Lipinski definition) is 1. The lowest BCUT2D eigenvalue weighted by Gasteiger charge is -2.20. The molecule has 0 aliphatic carbocycles. The molecule has 0 aliphatic rings. The van der Waals surface area contributed by atoms with Crippen molar-refractivity contribution in [3.63, 3.8) is 0 Å². The number of nitrogens with one attached hydrogen (secondary N) is 1. The second kappa shape index (κ2) is 9.09. The van der Waals surface area contributed by atoms with Gasteiger partial charge in [0.05, 0.1) is 0 Å². The number of pyridine rings is 1. The maximum atomic E-state index is 4.24. The molecule has 1 heterocycles. The first-order valence-corrected chi connectivity index (χ1v) is 7.49. The van der Waals surface area contributed by atoms with Gasteiger partial charge in [0.1, 0.15) is 0 Å². The summed E-state index contributed by atoms with van der Waals surface area (Å²) in [6.07, 6.45) is 11.6. The fraction of sp³-hybridized carbons (Fsp3) is 0.688. The van der Waals surface area contributed by atoms with Crippen LogP contribution < -0.4 is 5.32 Å². The van der Waals surface area contributed by atoms with Gasteiger partial charge in [0, 0.05) is 18.4 Å². The number of aryl methyl sites for hydroxylation is 1. The van der Waals surface area contributed by atoms with Crippen LogP contribution in [0.3, 0.4) is 0 Å². The molecular weight excluding hydrogens is 220 g/mol. The summed E-state index contributed by atoms with van der Waals surface area (Å²) in [7, 11) is 0. The zero-order chi connectivity index (χ0) is 13.2. The van der Waals surface area contributed by atoms with Gasteiger partial charge in [-0.2, -0.15) is 0 Å². The van der Waals surface area contributed by atoms with E-state index in [0.29, 0.717) is 6.04 Å². The lowest BCUT2D eigenvalue weighted by molar-refractivity contribution is 0.479. The number of unbranched alkanes of at least 4 members (excludes halogenated alkanes) is 3. The first kappa shape index (κ1) is 15.2. The summed E-state index contributed by atoms with van der Waals surface area (Å²) in [5, 5.41) is 3.62. The number of rotatable bonds is 9. The molecule has 102 valence electrons. The van der Waals surface area contributed by atoms with Gasteiger partial charge in [-0.15, -0.1) is 0 Å². The zero-order valence-electron chi connectivity index (χ0n) is 12.2. The van der Waals surface area contributed by atoms with Crippen LogP contribution in [0.15, 0.2) is 18.5 Å². The highest BCUT2D eigenvalue weighted by Crippen LogP contribution is 2.23. The second-order valence-corrected chi connectivity index (χ2v) is 4.89. The zero-order valence-corrected chi connectivity index (χ0v) is 12.2. The van der Waals surface area contributed by atoms with E-state index in [4.69, 9.17) is 0 Å². The molecule has 1 unspecified atom stereocenters. The molecule has 2 nitrogen and oxygen atoms in total. The van der Waals surface area contributed by atoms with E-state index in [1.807, 2.05) is 12.4 Å². The quantitative estimate of drug-likeness (QED) is 0.660. The summed E-state index contributed by atoms with van der Waals surface area (Å²) in [5.41, 5.74) is 2.84.